The van der Waals surface area contributed by atoms with Crippen LogP contribution in [0.5, 0.6) is 0 Å². The highest BCUT2D eigenvalue weighted by Crippen LogP contribution is 2.25. The van der Waals surface area contributed by atoms with Crippen LogP contribution in [0.2, 0.25) is 0 Å². The van der Waals surface area contributed by atoms with Gasteiger partial charge in [-0.15, -0.1) is 0 Å². The van der Waals surface area contributed by atoms with Gasteiger partial charge in [0, 0.05) is 12.5 Å². The van der Waals surface area contributed by atoms with Gasteiger partial charge >= 0.3 is 0 Å². The Morgan fingerprint density at radius 3 is 2.71 bits per heavy atom. The summed E-state index contributed by atoms with van der Waals surface area (Å²) in [5.74, 6) is 1.73. The van der Waals surface area contributed by atoms with Gasteiger partial charge in [-0.2, -0.15) is 0 Å². The zero-order valence-electron chi connectivity index (χ0n) is 11.2. The predicted molar refractivity (Wildman–Crippen MR) is 71.9 cm³/mol. The second kappa shape index (κ2) is 6.25. The second-order valence-electron chi connectivity index (χ2n) is 5.44. The fourth-order valence-electron chi connectivity index (χ4n) is 2.71. The van der Waals surface area contributed by atoms with Crippen LogP contribution in [0.25, 0.3) is 0 Å². The molecule has 0 radical (unpaired) electrons. The monoisotopic (exact) mass is 235 g/mol. The molecular formula is C15H25NO. The minimum absolute atomic E-state index is 0.557. The molecule has 0 saturated carbocycles. The van der Waals surface area contributed by atoms with Crippen LogP contribution in [0, 0.1) is 5.92 Å². The summed E-state index contributed by atoms with van der Waals surface area (Å²) >= 11 is 0. The third-order valence-corrected chi connectivity index (χ3v) is 3.77. The Morgan fingerprint density at radius 1 is 1.24 bits per heavy atom. The largest absolute Gasteiger partial charge is 0.496 e. The molecule has 0 aromatic carbocycles. The molecule has 2 heteroatoms. The van der Waals surface area contributed by atoms with Crippen LogP contribution in [0.4, 0.5) is 0 Å². The highest BCUT2D eigenvalue weighted by molar-refractivity contribution is 5.21. The topological polar surface area (TPSA) is 12.5 Å². The molecule has 1 heterocycles. The fraction of sp³-hybridized carbons (Fsp3) is 0.733. The number of likely N-dealkylation sites (tertiary alicyclic amines) is 1. The molecule has 0 N–H and O–H groups in total. The van der Waals surface area contributed by atoms with E-state index >= 15 is 0 Å². The van der Waals surface area contributed by atoms with Crippen molar-refractivity contribution in [3.8, 4) is 0 Å². The maximum absolute atomic E-state index is 5.92. The smallest absolute Gasteiger partial charge is 0.100 e. The van der Waals surface area contributed by atoms with Crippen LogP contribution in [-0.4, -0.2) is 31.1 Å². The van der Waals surface area contributed by atoms with Crippen LogP contribution in [0.1, 0.15) is 39.5 Å². The summed E-state index contributed by atoms with van der Waals surface area (Å²) in [4.78, 5) is 2.53. The summed E-state index contributed by atoms with van der Waals surface area (Å²) in [6.45, 7) is 8.91. The van der Waals surface area contributed by atoms with Crippen LogP contribution in [0.15, 0.2) is 23.5 Å². The van der Waals surface area contributed by atoms with Crippen molar-refractivity contribution >= 4 is 0 Å². The van der Waals surface area contributed by atoms with Crippen molar-refractivity contribution in [3.05, 3.63) is 23.5 Å². The summed E-state index contributed by atoms with van der Waals surface area (Å²) in [6.07, 6.45) is 9.62. The Balaban J connectivity index is 1.71. The van der Waals surface area contributed by atoms with Gasteiger partial charge in [-0.1, -0.05) is 25.0 Å². The molecule has 1 aliphatic heterocycles. The number of hydrogen-bond acceptors (Lipinski definition) is 2. The van der Waals surface area contributed by atoms with E-state index in [-0.39, 0.29) is 0 Å². The van der Waals surface area contributed by atoms with E-state index in [0.29, 0.717) is 5.92 Å². The highest BCUT2D eigenvalue weighted by atomic mass is 16.5. The first-order valence-electron chi connectivity index (χ1n) is 6.98. The fourth-order valence-corrected chi connectivity index (χ4v) is 2.71. The SMILES string of the molecule is CC1=CC=C(OCCN2CCCCC2)C(C)C1. The lowest BCUT2D eigenvalue weighted by Crippen LogP contribution is -2.32. The number of rotatable bonds is 4. The van der Waals surface area contributed by atoms with Gasteiger partial charge in [0.15, 0.2) is 0 Å². The van der Waals surface area contributed by atoms with Crippen LogP contribution < -0.4 is 0 Å². The Hall–Kier alpha value is -0.760. The van der Waals surface area contributed by atoms with Crippen molar-refractivity contribution in [2.45, 2.75) is 39.5 Å². The van der Waals surface area contributed by atoms with Gasteiger partial charge in [-0.25, -0.2) is 0 Å². The van der Waals surface area contributed by atoms with E-state index < -0.39 is 0 Å². The van der Waals surface area contributed by atoms with Crippen molar-refractivity contribution in [3.63, 3.8) is 0 Å². The molecule has 2 rings (SSSR count). The maximum Gasteiger partial charge on any atom is 0.100 e. The van der Waals surface area contributed by atoms with Crippen molar-refractivity contribution in [1.82, 2.24) is 4.90 Å². The third kappa shape index (κ3) is 3.88. The van der Waals surface area contributed by atoms with Gasteiger partial charge in [0.05, 0.1) is 5.76 Å². The van der Waals surface area contributed by atoms with Gasteiger partial charge in [0.1, 0.15) is 6.61 Å². The lowest BCUT2D eigenvalue weighted by Gasteiger charge is -2.27. The standard InChI is InChI=1S/C15H25NO/c1-13-6-7-15(14(2)12-13)17-11-10-16-8-4-3-5-9-16/h6-7,14H,3-5,8-12H2,1-2H3. The first-order chi connectivity index (χ1) is 8.25. The van der Waals surface area contributed by atoms with Crippen LogP contribution >= 0.6 is 0 Å². The molecule has 2 nitrogen and oxygen atoms in total. The zero-order valence-corrected chi connectivity index (χ0v) is 11.2. The minimum Gasteiger partial charge on any atom is -0.496 e. The minimum atomic E-state index is 0.557. The first kappa shape index (κ1) is 12.7. The summed E-state index contributed by atoms with van der Waals surface area (Å²) in [5, 5.41) is 0. The first-order valence-corrected chi connectivity index (χ1v) is 6.98. The molecular weight excluding hydrogens is 210 g/mol. The third-order valence-electron chi connectivity index (χ3n) is 3.77. The Bertz CT molecular complexity index is 300. The summed E-state index contributed by atoms with van der Waals surface area (Å²) < 4.78 is 5.92. The quantitative estimate of drug-likeness (QED) is 0.741. The molecule has 2 aliphatic rings. The lowest BCUT2D eigenvalue weighted by molar-refractivity contribution is 0.127. The van der Waals surface area contributed by atoms with Crippen molar-refractivity contribution in [1.29, 1.82) is 0 Å². The molecule has 96 valence electrons. The van der Waals surface area contributed by atoms with E-state index in [1.165, 1.54) is 43.7 Å². The van der Waals surface area contributed by atoms with E-state index in [0.717, 1.165) is 19.6 Å². The van der Waals surface area contributed by atoms with E-state index in [1.54, 1.807) is 0 Å². The summed E-state index contributed by atoms with van der Waals surface area (Å²) in [5.41, 5.74) is 1.46. The van der Waals surface area contributed by atoms with Gasteiger partial charge < -0.3 is 4.74 Å². The van der Waals surface area contributed by atoms with E-state index in [9.17, 15) is 0 Å². The van der Waals surface area contributed by atoms with E-state index in [4.69, 9.17) is 4.74 Å². The van der Waals surface area contributed by atoms with Crippen LogP contribution in [-0.2, 0) is 4.74 Å². The van der Waals surface area contributed by atoms with Gasteiger partial charge in [0.25, 0.3) is 0 Å². The Kier molecular flexibility index (Phi) is 4.66. The van der Waals surface area contributed by atoms with Crippen molar-refractivity contribution in [2.24, 2.45) is 5.92 Å². The number of piperidine rings is 1. The molecule has 0 bridgehead atoms. The number of allylic oxidation sites excluding steroid dienone is 4. The number of ether oxygens (including phenoxy) is 1. The molecule has 0 spiro atoms. The molecule has 1 saturated heterocycles. The molecule has 0 amide bonds. The summed E-state index contributed by atoms with van der Waals surface area (Å²) in [7, 11) is 0. The highest BCUT2D eigenvalue weighted by Gasteiger charge is 2.15. The predicted octanol–water partition coefficient (Wildman–Crippen LogP) is 3.36. The normalized spacial score (nSPS) is 26.4. The van der Waals surface area contributed by atoms with Crippen molar-refractivity contribution < 1.29 is 4.74 Å². The molecule has 0 aromatic heterocycles. The van der Waals surface area contributed by atoms with Gasteiger partial charge in [-0.3, -0.25) is 4.90 Å². The van der Waals surface area contributed by atoms with E-state index in [1.807, 2.05) is 0 Å². The zero-order chi connectivity index (χ0) is 12.1. The van der Waals surface area contributed by atoms with Crippen molar-refractivity contribution in [2.75, 3.05) is 26.2 Å². The Morgan fingerprint density at radius 2 is 2.00 bits per heavy atom. The molecule has 1 atom stereocenters. The molecule has 1 unspecified atom stereocenters. The molecule has 1 aliphatic carbocycles. The maximum atomic E-state index is 5.92. The average molecular weight is 235 g/mol. The molecule has 0 aromatic rings. The Labute approximate surface area is 105 Å². The molecule has 1 fully saturated rings. The van der Waals surface area contributed by atoms with Crippen LogP contribution in [0.3, 0.4) is 0 Å². The summed E-state index contributed by atoms with van der Waals surface area (Å²) in [6, 6.07) is 0. The molecule has 17 heavy (non-hydrogen) atoms. The van der Waals surface area contributed by atoms with Gasteiger partial charge in [-0.05, 0) is 45.4 Å². The number of hydrogen-bond donors (Lipinski definition) is 0. The van der Waals surface area contributed by atoms with E-state index in [2.05, 4.69) is 30.9 Å². The average Bonchev–Trinajstić information content (AvgIpc) is 2.33. The van der Waals surface area contributed by atoms with Gasteiger partial charge in [0.2, 0.25) is 0 Å². The number of nitrogens with zero attached hydrogens (tertiary/aromatic N) is 1. The lowest BCUT2D eigenvalue weighted by atomic mass is 9.95. The second-order valence-corrected chi connectivity index (χ2v) is 5.44.